The first-order chi connectivity index (χ1) is 32.1. The number of nitrogens with one attached hydrogen (secondary N) is 5. The third-order valence-electron chi connectivity index (χ3n) is 12.1. The van der Waals surface area contributed by atoms with Crippen molar-refractivity contribution in [3.05, 3.63) is 42.5 Å². The van der Waals surface area contributed by atoms with Crippen LogP contribution >= 0.6 is 11.8 Å². The molecular weight excluding hydrogens is 889 g/mol. The molecule has 3 heterocycles. The number of nitrogens with zero attached hydrogens (tertiary/aromatic N) is 3. The number of carbonyl (C=O) groups excluding carboxylic acids is 9. The normalized spacial score (nSPS) is 21.2. The Morgan fingerprint density at radius 2 is 1.61 bits per heavy atom. The smallest absolute Gasteiger partial charge is 0.407 e. The highest BCUT2D eigenvalue weighted by Gasteiger charge is 2.40. The number of benzene rings is 1. The van der Waals surface area contributed by atoms with Gasteiger partial charge in [0.1, 0.15) is 18.8 Å². The first-order valence-electron chi connectivity index (χ1n) is 23.2. The molecule has 1 unspecified atom stereocenters. The molecule has 3 aliphatic heterocycles. The monoisotopic (exact) mass is 954 g/mol. The van der Waals surface area contributed by atoms with Crippen molar-refractivity contribution in [2.24, 2.45) is 11.8 Å². The van der Waals surface area contributed by atoms with Crippen molar-refractivity contribution >= 4 is 70.8 Å². The SMILES string of the molecule is CN(COC(C)(C)CCOC(=O)NCCN1C(=O)C=CC1=O)OCCNC(=O)C1CCC(CN2C(=O)CC(SCCCCC[C@H](NC(=O)[C@H]3CCC(=O)N3)C(=O)Nc3ccccc3)C2=O)CC1. The number of para-hydroxylation sites is 1. The molecule has 21 heteroatoms. The lowest BCUT2D eigenvalue weighted by Crippen LogP contribution is -2.50. The Kier molecular flexibility index (Phi) is 20.6. The molecule has 0 spiro atoms. The maximum Gasteiger partial charge on any atom is 0.407 e. The summed E-state index contributed by atoms with van der Waals surface area (Å²) in [7, 11) is 1.70. The first-order valence-corrected chi connectivity index (χ1v) is 24.2. The zero-order chi connectivity index (χ0) is 48.3. The molecule has 20 nitrogen and oxygen atoms in total. The second kappa shape index (κ2) is 26.2. The van der Waals surface area contributed by atoms with E-state index < -0.39 is 40.8 Å². The highest BCUT2D eigenvalue weighted by molar-refractivity contribution is 8.00. The zero-order valence-corrected chi connectivity index (χ0v) is 39.5. The molecule has 1 saturated carbocycles. The lowest BCUT2D eigenvalue weighted by atomic mass is 9.81. The molecule has 67 heavy (non-hydrogen) atoms. The fourth-order valence-corrected chi connectivity index (χ4v) is 9.24. The minimum absolute atomic E-state index is 0.0489. The largest absolute Gasteiger partial charge is 0.449 e. The molecule has 5 rings (SSSR count). The van der Waals surface area contributed by atoms with Crippen LogP contribution in [-0.2, 0) is 52.7 Å². The predicted octanol–water partition coefficient (Wildman–Crippen LogP) is 2.39. The Bertz CT molecular complexity index is 1930. The molecule has 5 N–H and O–H groups in total. The van der Waals surface area contributed by atoms with Crippen molar-refractivity contribution in [3.8, 4) is 0 Å². The van der Waals surface area contributed by atoms with Crippen LogP contribution in [0.4, 0.5) is 10.5 Å². The van der Waals surface area contributed by atoms with Gasteiger partial charge in [0.15, 0.2) is 0 Å². The molecule has 2 saturated heterocycles. The Hall–Kier alpha value is -5.38. The molecule has 3 fully saturated rings. The van der Waals surface area contributed by atoms with Gasteiger partial charge in [-0.25, -0.2) is 4.79 Å². The lowest BCUT2D eigenvalue weighted by molar-refractivity contribution is -0.216. The minimum atomic E-state index is -0.782. The van der Waals surface area contributed by atoms with Gasteiger partial charge >= 0.3 is 6.09 Å². The molecule has 9 amide bonds. The van der Waals surface area contributed by atoms with E-state index in [1.807, 2.05) is 19.9 Å². The Balaban J connectivity index is 0.890. The fourth-order valence-electron chi connectivity index (χ4n) is 8.05. The summed E-state index contributed by atoms with van der Waals surface area (Å²) in [4.78, 5) is 120. The molecule has 3 atom stereocenters. The van der Waals surface area contributed by atoms with Gasteiger partial charge in [0.2, 0.25) is 35.4 Å². The maximum absolute atomic E-state index is 13.3. The quantitative estimate of drug-likeness (QED) is 0.0368. The number of imide groups is 2. The van der Waals surface area contributed by atoms with Gasteiger partial charge in [-0.2, -0.15) is 5.06 Å². The maximum atomic E-state index is 13.3. The fraction of sp³-hybridized carbons (Fsp3) is 0.630. The number of thioether (sulfide) groups is 1. The summed E-state index contributed by atoms with van der Waals surface area (Å²) >= 11 is 1.48. The second-order valence-corrected chi connectivity index (χ2v) is 19.1. The van der Waals surface area contributed by atoms with E-state index in [9.17, 15) is 43.2 Å². The van der Waals surface area contributed by atoms with Crippen LogP contribution in [0, 0.1) is 11.8 Å². The molecule has 1 aromatic rings. The second-order valence-electron chi connectivity index (χ2n) is 17.8. The topological polar surface area (TPSA) is 251 Å². The van der Waals surface area contributed by atoms with Gasteiger partial charge in [0.05, 0.1) is 24.1 Å². The number of rotatable bonds is 27. The highest BCUT2D eigenvalue weighted by Crippen LogP contribution is 2.33. The van der Waals surface area contributed by atoms with Crippen LogP contribution in [0.3, 0.4) is 0 Å². The molecular formula is C46H66N8O12S. The van der Waals surface area contributed by atoms with E-state index in [1.165, 1.54) is 33.9 Å². The van der Waals surface area contributed by atoms with Crippen LogP contribution in [0.25, 0.3) is 0 Å². The van der Waals surface area contributed by atoms with Gasteiger partial charge in [-0.05, 0) is 82.6 Å². The molecule has 0 aromatic heterocycles. The van der Waals surface area contributed by atoms with Crippen molar-refractivity contribution in [2.45, 2.75) is 114 Å². The Morgan fingerprint density at radius 3 is 2.31 bits per heavy atom. The number of hydroxylamine groups is 2. The average Bonchev–Trinajstić information content (AvgIpc) is 3.97. The van der Waals surface area contributed by atoms with Crippen LogP contribution in [0.15, 0.2) is 42.5 Å². The van der Waals surface area contributed by atoms with E-state index in [0.29, 0.717) is 63.1 Å². The minimum Gasteiger partial charge on any atom is -0.449 e. The van der Waals surface area contributed by atoms with Crippen molar-refractivity contribution < 1.29 is 57.5 Å². The summed E-state index contributed by atoms with van der Waals surface area (Å²) in [6.07, 6.45) is 8.27. The van der Waals surface area contributed by atoms with Gasteiger partial charge < -0.3 is 36.1 Å². The Morgan fingerprint density at radius 1 is 0.881 bits per heavy atom. The third kappa shape index (κ3) is 17.3. The molecule has 368 valence electrons. The number of amides is 9. The summed E-state index contributed by atoms with van der Waals surface area (Å²) in [5, 5.41) is 14.8. The van der Waals surface area contributed by atoms with Crippen molar-refractivity contribution in [1.82, 2.24) is 36.1 Å². The number of hydrogen-bond acceptors (Lipinski definition) is 14. The standard InChI is InChI=1S/C46H66N8O12S/c1-46(2,21-25-64-45(63)48-22-24-53-38(56)19-20-39(53)57)65-30-52(3)66-26-23-47-41(59)32-15-13-31(14-16-32)29-54-40(58)28-36(44(54)62)67-27-9-5-8-12-34(42(60)49-33-10-6-4-7-11-33)51-43(61)35-17-18-37(55)50-35/h4,6-7,10-11,19-20,31-32,34-36H,5,8-9,12-18,21-30H2,1-3H3,(H,47,59)(H,48,63)(H,49,60)(H,50,55)(H,51,61)/t31?,32?,34-,35+,36?/m0/s1. The first kappa shape index (κ1) is 52.6. The molecule has 4 aliphatic rings. The molecule has 0 radical (unpaired) electrons. The summed E-state index contributed by atoms with van der Waals surface area (Å²) in [5.41, 5.74) is -0.0348. The number of hydrogen-bond donors (Lipinski definition) is 5. The van der Waals surface area contributed by atoms with Crippen molar-refractivity contribution in [3.63, 3.8) is 0 Å². The van der Waals surface area contributed by atoms with Gasteiger partial charge in [-0.1, -0.05) is 31.0 Å². The number of unbranched alkanes of at least 4 members (excludes halogenated alkanes) is 2. The van der Waals surface area contributed by atoms with E-state index in [0.717, 1.165) is 30.6 Å². The van der Waals surface area contributed by atoms with E-state index in [4.69, 9.17) is 14.3 Å². The van der Waals surface area contributed by atoms with Gasteiger partial charge in [0, 0.05) is 76.2 Å². The van der Waals surface area contributed by atoms with E-state index in [2.05, 4.69) is 26.6 Å². The molecule has 0 bridgehead atoms. The number of alkyl carbamates (subject to hydrolysis) is 1. The van der Waals surface area contributed by atoms with Crippen LogP contribution in [-0.4, -0.2) is 150 Å². The summed E-state index contributed by atoms with van der Waals surface area (Å²) in [6.45, 7) is 4.90. The number of anilines is 1. The third-order valence-corrected chi connectivity index (χ3v) is 13.4. The highest BCUT2D eigenvalue weighted by atomic mass is 32.2. The number of ether oxygens (including phenoxy) is 2. The van der Waals surface area contributed by atoms with E-state index in [-0.39, 0.29) is 93.2 Å². The zero-order valence-electron chi connectivity index (χ0n) is 38.7. The summed E-state index contributed by atoms with van der Waals surface area (Å²) in [5.74, 6) is -1.49. The van der Waals surface area contributed by atoms with Crippen LogP contribution in [0.1, 0.15) is 90.9 Å². The lowest BCUT2D eigenvalue weighted by Gasteiger charge is -2.30. The number of likely N-dealkylation sites (tertiary alicyclic amines) is 1. The van der Waals surface area contributed by atoms with E-state index in [1.54, 1.807) is 31.3 Å². The summed E-state index contributed by atoms with van der Waals surface area (Å²) in [6, 6.07) is 7.54. The van der Waals surface area contributed by atoms with Gasteiger partial charge in [0.25, 0.3) is 11.8 Å². The van der Waals surface area contributed by atoms with Crippen LogP contribution in [0.2, 0.25) is 0 Å². The molecule has 1 aromatic carbocycles. The van der Waals surface area contributed by atoms with Gasteiger partial charge in [-0.15, -0.1) is 11.8 Å². The summed E-state index contributed by atoms with van der Waals surface area (Å²) < 4.78 is 11.1. The number of carbonyl (C=O) groups is 9. The average molecular weight is 955 g/mol. The molecule has 1 aliphatic carbocycles. The van der Waals surface area contributed by atoms with Gasteiger partial charge in [-0.3, -0.25) is 53.0 Å². The van der Waals surface area contributed by atoms with Crippen LogP contribution < -0.4 is 26.6 Å². The Labute approximate surface area is 395 Å². The predicted molar refractivity (Wildman–Crippen MR) is 246 cm³/mol. The van der Waals surface area contributed by atoms with Crippen LogP contribution in [0.5, 0.6) is 0 Å². The van der Waals surface area contributed by atoms with E-state index >= 15 is 0 Å². The van der Waals surface area contributed by atoms with Crippen molar-refractivity contribution in [2.75, 3.05) is 64.2 Å². The van der Waals surface area contributed by atoms with Crippen molar-refractivity contribution in [1.29, 1.82) is 0 Å².